The first kappa shape index (κ1) is 15.8. The average molecular weight is 291 g/mol. The van der Waals surface area contributed by atoms with Crippen molar-refractivity contribution in [2.75, 3.05) is 26.2 Å². The predicted molar refractivity (Wildman–Crippen MR) is 83.1 cm³/mol. The van der Waals surface area contributed by atoms with Crippen molar-refractivity contribution in [1.82, 2.24) is 10.2 Å². The van der Waals surface area contributed by atoms with Crippen LogP contribution in [0.25, 0.3) is 0 Å². The number of amides is 1. The van der Waals surface area contributed by atoms with E-state index in [0.29, 0.717) is 13.2 Å². The average Bonchev–Trinajstić information content (AvgIpc) is 2.52. The van der Waals surface area contributed by atoms with Gasteiger partial charge in [-0.15, -0.1) is 0 Å². The number of hydrogen-bond donors (Lipinski definition) is 2. The summed E-state index contributed by atoms with van der Waals surface area (Å²) in [5.41, 5.74) is 6.69. The summed E-state index contributed by atoms with van der Waals surface area (Å²) >= 11 is 0. The summed E-state index contributed by atoms with van der Waals surface area (Å²) in [7, 11) is 0. The van der Waals surface area contributed by atoms with Gasteiger partial charge in [-0.3, -0.25) is 9.69 Å². The second kappa shape index (κ2) is 8.00. The molecule has 1 aromatic carbocycles. The molecular weight excluding hydrogens is 266 g/mol. The molecule has 0 radical (unpaired) electrons. The normalized spacial score (nSPS) is 19.3. The van der Waals surface area contributed by atoms with E-state index < -0.39 is 0 Å². The van der Waals surface area contributed by atoms with E-state index in [9.17, 15) is 4.79 Å². The Morgan fingerprint density at radius 3 is 3.10 bits per heavy atom. The smallest absolute Gasteiger partial charge is 0.237 e. The third kappa shape index (κ3) is 4.44. The molecule has 21 heavy (non-hydrogen) atoms. The van der Waals surface area contributed by atoms with Crippen molar-refractivity contribution in [3.05, 3.63) is 29.8 Å². The van der Waals surface area contributed by atoms with Gasteiger partial charge in [-0.05, 0) is 30.5 Å². The van der Waals surface area contributed by atoms with Crippen LogP contribution in [0.4, 0.5) is 0 Å². The van der Waals surface area contributed by atoms with Gasteiger partial charge in [-0.1, -0.05) is 19.1 Å². The Morgan fingerprint density at radius 1 is 1.48 bits per heavy atom. The van der Waals surface area contributed by atoms with Gasteiger partial charge in [-0.2, -0.15) is 0 Å². The quantitative estimate of drug-likeness (QED) is 0.739. The highest BCUT2D eigenvalue weighted by molar-refractivity contribution is 5.82. The zero-order valence-electron chi connectivity index (χ0n) is 12.7. The Morgan fingerprint density at radius 2 is 2.33 bits per heavy atom. The summed E-state index contributed by atoms with van der Waals surface area (Å²) in [5, 5.41) is 2.92. The van der Waals surface area contributed by atoms with Gasteiger partial charge in [0.05, 0.1) is 12.6 Å². The number of piperazine rings is 1. The van der Waals surface area contributed by atoms with Crippen molar-refractivity contribution in [2.45, 2.75) is 32.4 Å². The molecule has 1 aromatic rings. The lowest BCUT2D eigenvalue weighted by Crippen LogP contribution is -2.55. The zero-order chi connectivity index (χ0) is 15.1. The summed E-state index contributed by atoms with van der Waals surface area (Å²) in [6.07, 6.45) is 1.77. The third-order valence-corrected chi connectivity index (χ3v) is 3.82. The minimum absolute atomic E-state index is 0.0133. The van der Waals surface area contributed by atoms with Crippen LogP contribution in [0.5, 0.6) is 5.75 Å². The molecular formula is C16H25N3O2. The van der Waals surface area contributed by atoms with Gasteiger partial charge >= 0.3 is 0 Å². The number of nitrogens with two attached hydrogens (primary N) is 1. The van der Waals surface area contributed by atoms with Crippen molar-refractivity contribution >= 4 is 5.91 Å². The van der Waals surface area contributed by atoms with Crippen molar-refractivity contribution in [3.63, 3.8) is 0 Å². The fourth-order valence-electron chi connectivity index (χ4n) is 2.69. The molecule has 2 rings (SSSR count). The van der Waals surface area contributed by atoms with Gasteiger partial charge in [0.25, 0.3) is 0 Å². The zero-order valence-corrected chi connectivity index (χ0v) is 12.7. The Labute approximate surface area is 126 Å². The van der Waals surface area contributed by atoms with Crippen LogP contribution in [0.1, 0.15) is 25.3 Å². The molecule has 116 valence electrons. The lowest BCUT2D eigenvalue weighted by Gasteiger charge is -2.34. The maximum Gasteiger partial charge on any atom is 0.237 e. The molecule has 1 aliphatic rings. The molecule has 1 fully saturated rings. The molecule has 0 spiro atoms. The van der Waals surface area contributed by atoms with Crippen molar-refractivity contribution < 1.29 is 9.53 Å². The van der Waals surface area contributed by atoms with Crippen LogP contribution >= 0.6 is 0 Å². The van der Waals surface area contributed by atoms with E-state index in [1.807, 2.05) is 24.3 Å². The number of rotatable bonds is 7. The first-order valence-electron chi connectivity index (χ1n) is 7.68. The van der Waals surface area contributed by atoms with Crippen molar-refractivity contribution in [2.24, 2.45) is 5.73 Å². The maximum absolute atomic E-state index is 11.8. The van der Waals surface area contributed by atoms with Crippen LogP contribution in [0.15, 0.2) is 24.3 Å². The van der Waals surface area contributed by atoms with Crippen LogP contribution in [-0.2, 0) is 11.3 Å². The first-order chi connectivity index (χ1) is 10.2. The monoisotopic (exact) mass is 291 g/mol. The van der Waals surface area contributed by atoms with Crippen LogP contribution in [0, 0.1) is 0 Å². The summed E-state index contributed by atoms with van der Waals surface area (Å²) in [6.45, 7) is 5.79. The number of nitrogens with one attached hydrogen (secondary N) is 1. The van der Waals surface area contributed by atoms with Crippen LogP contribution < -0.4 is 15.8 Å². The van der Waals surface area contributed by atoms with Gasteiger partial charge in [0, 0.05) is 26.2 Å². The fraction of sp³-hybridized carbons (Fsp3) is 0.562. The van der Waals surface area contributed by atoms with E-state index in [0.717, 1.165) is 43.8 Å². The first-order valence-corrected chi connectivity index (χ1v) is 7.68. The SMILES string of the molecule is CCC1C(=O)NCCN1CCCOc1cccc(CN)c1. The van der Waals surface area contributed by atoms with Gasteiger partial charge in [-0.25, -0.2) is 0 Å². The maximum atomic E-state index is 11.8. The Hall–Kier alpha value is -1.59. The minimum atomic E-state index is 0.0133. The third-order valence-electron chi connectivity index (χ3n) is 3.82. The summed E-state index contributed by atoms with van der Waals surface area (Å²) in [5.74, 6) is 1.02. The standard InChI is InChI=1S/C16H25N3O2/c1-2-15-16(20)18-7-9-19(15)8-4-10-21-14-6-3-5-13(11-14)12-17/h3,5-6,11,15H,2,4,7-10,12,17H2,1H3,(H,18,20). The molecule has 1 amide bonds. The Kier molecular flexibility index (Phi) is 6.02. The fourth-order valence-corrected chi connectivity index (χ4v) is 2.69. The number of carbonyl (C=O) groups excluding carboxylic acids is 1. The number of nitrogens with zero attached hydrogens (tertiary/aromatic N) is 1. The predicted octanol–water partition coefficient (Wildman–Crippen LogP) is 1.12. The highest BCUT2D eigenvalue weighted by atomic mass is 16.5. The summed E-state index contributed by atoms with van der Waals surface area (Å²) in [6, 6.07) is 7.88. The molecule has 5 nitrogen and oxygen atoms in total. The Bertz CT molecular complexity index is 465. The van der Waals surface area contributed by atoms with Crippen molar-refractivity contribution in [3.8, 4) is 5.75 Å². The molecule has 5 heteroatoms. The topological polar surface area (TPSA) is 67.6 Å². The molecule has 0 aliphatic carbocycles. The number of hydrogen-bond acceptors (Lipinski definition) is 4. The highest BCUT2D eigenvalue weighted by Gasteiger charge is 2.27. The molecule has 1 unspecified atom stereocenters. The molecule has 1 aliphatic heterocycles. The van der Waals surface area contributed by atoms with Gasteiger partial charge < -0.3 is 15.8 Å². The van der Waals surface area contributed by atoms with Crippen molar-refractivity contribution in [1.29, 1.82) is 0 Å². The van der Waals surface area contributed by atoms with E-state index in [-0.39, 0.29) is 11.9 Å². The van der Waals surface area contributed by atoms with Gasteiger partial charge in [0.1, 0.15) is 5.75 Å². The van der Waals surface area contributed by atoms with Crippen LogP contribution in [0.3, 0.4) is 0 Å². The van der Waals surface area contributed by atoms with E-state index >= 15 is 0 Å². The summed E-state index contributed by atoms with van der Waals surface area (Å²) < 4.78 is 5.75. The number of carbonyl (C=O) groups is 1. The molecule has 0 bridgehead atoms. The molecule has 1 saturated heterocycles. The minimum Gasteiger partial charge on any atom is -0.494 e. The summed E-state index contributed by atoms with van der Waals surface area (Å²) in [4.78, 5) is 14.0. The Balaban J connectivity index is 1.74. The van der Waals surface area contributed by atoms with Gasteiger partial charge in [0.15, 0.2) is 0 Å². The second-order valence-corrected chi connectivity index (χ2v) is 5.30. The molecule has 1 heterocycles. The number of ether oxygens (including phenoxy) is 1. The highest BCUT2D eigenvalue weighted by Crippen LogP contribution is 2.14. The molecule has 0 saturated carbocycles. The lowest BCUT2D eigenvalue weighted by atomic mass is 10.1. The largest absolute Gasteiger partial charge is 0.494 e. The number of benzene rings is 1. The molecule has 3 N–H and O–H groups in total. The lowest BCUT2D eigenvalue weighted by molar-refractivity contribution is -0.129. The van der Waals surface area contributed by atoms with Crippen LogP contribution in [0.2, 0.25) is 0 Å². The van der Waals surface area contributed by atoms with E-state index in [2.05, 4.69) is 17.1 Å². The van der Waals surface area contributed by atoms with Crippen LogP contribution in [-0.4, -0.2) is 43.1 Å². The van der Waals surface area contributed by atoms with E-state index in [4.69, 9.17) is 10.5 Å². The van der Waals surface area contributed by atoms with E-state index in [1.54, 1.807) is 0 Å². The van der Waals surface area contributed by atoms with E-state index in [1.165, 1.54) is 0 Å². The second-order valence-electron chi connectivity index (χ2n) is 5.30. The van der Waals surface area contributed by atoms with Gasteiger partial charge in [0.2, 0.25) is 5.91 Å². The molecule has 1 atom stereocenters. The molecule has 0 aromatic heterocycles.